The minimum Gasteiger partial charge on any atom is -0.468 e. The summed E-state index contributed by atoms with van der Waals surface area (Å²) in [4.78, 5) is 25.6. The Morgan fingerprint density at radius 1 is 1.09 bits per heavy atom. The average Bonchev–Trinajstić information content (AvgIpc) is 3.33. The molecule has 0 aliphatic heterocycles. The van der Waals surface area contributed by atoms with Crippen LogP contribution in [0.25, 0.3) is 0 Å². The number of carbonyl (C=O) groups is 2. The molecule has 0 spiro atoms. The Balaban J connectivity index is 2.01. The van der Waals surface area contributed by atoms with Crippen LogP contribution in [0.1, 0.15) is 43.4 Å². The highest BCUT2D eigenvalue weighted by atomic mass is 32.2. The third kappa shape index (κ3) is 4.39. The Morgan fingerprint density at radius 2 is 1.75 bits per heavy atom. The van der Waals surface area contributed by atoms with Crippen molar-refractivity contribution in [2.45, 2.75) is 32.2 Å². The zero-order chi connectivity index (χ0) is 23.6. The fourth-order valence-electron chi connectivity index (χ4n) is 3.68. The number of methoxy groups -OCH3 is 1. The molecule has 1 aromatic carbocycles. The van der Waals surface area contributed by atoms with Crippen molar-refractivity contribution in [1.82, 2.24) is 8.87 Å². The smallest absolute Gasteiger partial charge is 0.354 e. The van der Waals surface area contributed by atoms with Gasteiger partial charge in [0.2, 0.25) is 10.0 Å². The molecule has 2 aromatic heterocycles. The van der Waals surface area contributed by atoms with Crippen LogP contribution in [0.15, 0.2) is 52.0 Å². The van der Waals surface area contributed by atoms with E-state index >= 15 is 0 Å². The van der Waals surface area contributed by atoms with Gasteiger partial charge in [0.15, 0.2) is 5.78 Å². The summed E-state index contributed by atoms with van der Waals surface area (Å²) >= 11 is 0. The first kappa shape index (κ1) is 23.5. The summed E-state index contributed by atoms with van der Waals surface area (Å²) in [6, 6.07) is 9.73. The van der Waals surface area contributed by atoms with Gasteiger partial charge in [0, 0.05) is 18.3 Å². The molecule has 0 bridgehead atoms. The molecule has 3 aromatic rings. The molecule has 0 radical (unpaired) electrons. The third-order valence-corrected chi connectivity index (χ3v) is 7.29. The molecule has 0 saturated carbocycles. The molecule has 3 rings (SSSR count). The molecule has 0 N–H and O–H groups in total. The van der Waals surface area contributed by atoms with Gasteiger partial charge < -0.3 is 13.7 Å². The van der Waals surface area contributed by atoms with E-state index in [4.69, 9.17) is 9.15 Å². The lowest BCUT2D eigenvalue weighted by molar-refractivity contribution is 0.0588. The number of hydrogen-bond acceptors (Lipinski definition) is 6. The molecule has 0 saturated heterocycles. The van der Waals surface area contributed by atoms with Crippen molar-refractivity contribution in [3.63, 3.8) is 0 Å². The van der Waals surface area contributed by atoms with Crippen molar-refractivity contribution < 1.29 is 27.2 Å². The molecule has 170 valence electrons. The van der Waals surface area contributed by atoms with E-state index < -0.39 is 28.3 Å². The molecular formula is C23H26N2O6S. The number of sulfonamides is 1. The SMILES string of the molecule is COC(=O)c1c(C)c(C(=O)CN(Cc2ccco2)S(=O)(=O)c2ccc(C)cc2)c(C)n1C. The van der Waals surface area contributed by atoms with Gasteiger partial charge in [-0.05, 0) is 50.6 Å². The maximum absolute atomic E-state index is 13.4. The molecule has 0 atom stereocenters. The van der Waals surface area contributed by atoms with Crippen LogP contribution in [0.2, 0.25) is 0 Å². The Kier molecular flexibility index (Phi) is 6.71. The summed E-state index contributed by atoms with van der Waals surface area (Å²) in [7, 11) is -1.06. The number of rotatable bonds is 8. The van der Waals surface area contributed by atoms with E-state index in [0.717, 1.165) is 9.87 Å². The normalized spacial score (nSPS) is 11.7. The van der Waals surface area contributed by atoms with Gasteiger partial charge in [-0.25, -0.2) is 13.2 Å². The van der Waals surface area contributed by atoms with Crippen LogP contribution in [0.3, 0.4) is 0 Å². The van der Waals surface area contributed by atoms with Gasteiger partial charge in [0.25, 0.3) is 0 Å². The summed E-state index contributed by atoms with van der Waals surface area (Å²) in [5, 5.41) is 0. The number of esters is 1. The van der Waals surface area contributed by atoms with Gasteiger partial charge >= 0.3 is 5.97 Å². The summed E-state index contributed by atoms with van der Waals surface area (Å²) in [5.41, 5.74) is 2.48. The van der Waals surface area contributed by atoms with Crippen molar-refractivity contribution >= 4 is 21.8 Å². The second-order valence-electron chi connectivity index (χ2n) is 7.57. The molecule has 8 nitrogen and oxygen atoms in total. The Hall–Kier alpha value is -3.17. The quantitative estimate of drug-likeness (QED) is 0.379. The van der Waals surface area contributed by atoms with Crippen molar-refractivity contribution in [3.8, 4) is 0 Å². The van der Waals surface area contributed by atoms with E-state index in [1.54, 1.807) is 49.7 Å². The van der Waals surface area contributed by atoms with Gasteiger partial charge in [0.1, 0.15) is 11.5 Å². The largest absolute Gasteiger partial charge is 0.468 e. The van der Waals surface area contributed by atoms with E-state index in [-0.39, 0.29) is 17.1 Å². The molecule has 2 heterocycles. The number of aromatic nitrogens is 1. The van der Waals surface area contributed by atoms with Gasteiger partial charge in [-0.1, -0.05) is 17.7 Å². The van der Waals surface area contributed by atoms with Crippen LogP contribution in [0, 0.1) is 20.8 Å². The standard InChI is InChI=1S/C23H26N2O6S/c1-15-8-10-19(11-9-15)32(28,29)25(13-18-7-6-12-31-18)14-20(26)21-16(2)22(23(27)30-5)24(4)17(21)3/h6-12H,13-14H2,1-5H3. The second kappa shape index (κ2) is 9.13. The van der Waals surface area contributed by atoms with E-state index in [9.17, 15) is 18.0 Å². The van der Waals surface area contributed by atoms with Gasteiger partial charge in [0.05, 0.1) is 31.4 Å². The maximum atomic E-state index is 13.4. The fourth-order valence-corrected chi connectivity index (χ4v) is 5.04. The highest BCUT2D eigenvalue weighted by molar-refractivity contribution is 7.89. The van der Waals surface area contributed by atoms with Crippen molar-refractivity contribution in [2.24, 2.45) is 7.05 Å². The zero-order valence-corrected chi connectivity index (χ0v) is 19.5. The summed E-state index contributed by atoms with van der Waals surface area (Å²) < 4.78 is 39.6. The molecule has 0 fully saturated rings. The summed E-state index contributed by atoms with van der Waals surface area (Å²) in [6.07, 6.45) is 1.45. The minimum atomic E-state index is -3.99. The number of benzene rings is 1. The van der Waals surface area contributed by atoms with Crippen molar-refractivity contribution in [3.05, 3.63) is 76.5 Å². The molecule has 32 heavy (non-hydrogen) atoms. The van der Waals surface area contributed by atoms with Crippen LogP contribution in [0.4, 0.5) is 0 Å². The number of aryl methyl sites for hydroxylation is 1. The summed E-state index contributed by atoms with van der Waals surface area (Å²) in [6.45, 7) is 4.70. The third-order valence-electron chi connectivity index (χ3n) is 5.48. The van der Waals surface area contributed by atoms with Gasteiger partial charge in [-0.15, -0.1) is 0 Å². The topological polar surface area (TPSA) is 98.8 Å². The predicted molar refractivity (Wildman–Crippen MR) is 118 cm³/mol. The van der Waals surface area contributed by atoms with Gasteiger partial charge in [-0.2, -0.15) is 4.31 Å². The fraction of sp³-hybridized carbons (Fsp3) is 0.304. The van der Waals surface area contributed by atoms with Crippen LogP contribution >= 0.6 is 0 Å². The number of Topliss-reactive ketones (excluding diaryl/α,β-unsaturated/α-hetero) is 1. The monoisotopic (exact) mass is 458 g/mol. The van der Waals surface area contributed by atoms with E-state index in [2.05, 4.69) is 0 Å². The molecular weight excluding hydrogens is 432 g/mol. The minimum absolute atomic E-state index is 0.0826. The van der Waals surface area contributed by atoms with E-state index in [0.29, 0.717) is 22.6 Å². The Bertz CT molecular complexity index is 1240. The molecule has 0 aliphatic carbocycles. The summed E-state index contributed by atoms with van der Waals surface area (Å²) in [5.74, 6) is -0.579. The number of nitrogens with zero attached hydrogens (tertiary/aromatic N) is 2. The van der Waals surface area contributed by atoms with Crippen molar-refractivity contribution in [1.29, 1.82) is 0 Å². The maximum Gasteiger partial charge on any atom is 0.354 e. The molecule has 0 unspecified atom stereocenters. The molecule has 0 amide bonds. The zero-order valence-electron chi connectivity index (χ0n) is 18.7. The number of furan rings is 1. The lowest BCUT2D eigenvalue weighted by Crippen LogP contribution is -2.35. The van der Waals surface area contributed by atoms with Crippen LogP contribution < -0.4 is 0 Å². The Morgan fingerprint density at radius 3 is 2.31 bits per heavy atom. The van der Waals surface area contributed by atoms with Gasteiger partial charge in [-0.3, -0.25) is 4.79 Å². The van der Waals surface area contributed by atoms with Crippen LogP contribution in [-0.4, -0.2) is 42.7 Å². The van der Waals surface area contributed by atoms with Crippen molar-refractivity contribution in [2.75, 3.05) is 13.7 Å². The first-order valence-electron chi connectivity index (χ1n) is 9.94. The number of ketones is 1. The number of hydrogen-bond donors (Lipinski definition) is 0. The number of ether oxygens (including phenoxy) is 1. The average molecular weight is 459 g/mol. The van der Waals surface area contributed by atoms with E-state index in [1.165, 1.54) is 25.5 Å². The lowest BCUT2D eigenvalue weighted by atomic mass is 10.1. The highest BCUT2D eigenvalue weighted by Crippen LogP contribution is 2.25. The van der Waals surface area contributed by atoms with Crippen LogP contribution in [0.5, 0.6) is 0 Å². The molecule has 9 heteroatoms. The second-order valence-corrected chi connectivity index (χ2v) is 9.51. The molecule has 0 aliphatic rings. The highest BCUT2D eigenvalue weighted by Gasteiger charge is 2.31. The van der Waals surface area contributed by atoms with Crippen LogP contribution in [-0.2, 0) is 28.4 Å². The first-order valence-corrected chi connectivity index (χ1v) is 11.4. The number of carbonyl (C=O) groups excluding carboxylic acids is 2. The predicted octanol–water partition coefficient (Wildman–Crippen LogP) is 3.40. The first-order chi connectivity index (χ1) is 15.1. The Labute approximate surface area is 187 Å². The van der Waals surface area contributed by atoms with E-state index in [1.807, 2.05) is 6.92 Å². The lowest BCUT2D eigenvalue weighted by Gasteiger charge is -2.21.